The van der Waals surface area contributed by atoms with Crippen molar-refractivity contribution in [3.05, 3.63) is 35.9 Å². The maximum Gasteiger partial charge on any atom is 0.246 e. The molecule has 2 rings (SSSR count). The van der Waals surface area contributed by atoms with Crippen LogP contribution in [-0.4, -0.2) is 37.0 Å². The van der Waals surface area contributed by atoms with Crippen LogP contribution in [0.4, 0.5) is 0 Å². The highest BCUT2D eigenvalue weighted by Gasteiger charge is 2.24. The first kappa shape index (κ1) is 18.5. The van der Waals surface area contributed by atoms with Crippen LogP contribution in [0.15, 0.2) is 30.3 Å². The molecule has 0 bridgehead atoms. The second-order valence-electron chi connectivity index (χ2n) is 5.66. The van der Waals surface area contributed by atoms with Crippen molar-refractivity contribution >= 4 is 24.4 Å². The summed E-state index contributed by atoms with van der Waals surface area (Å²) in [5, 5.41) is 0. The fourth-order valence-corrected chi connectivity index (χ4v) is 2.66. The maximum atomic E-state index is 12.3. The van der Waals surface area contributed by atoms with Crippen molar-refractivity contribution in [1.29, 1.82) is 0 Å². The molecule has 1 saturated heterocycles. The fourth-order valence-electron chi connectivity index (χ4n) is 2.66. The first-order chi connectivity index (χ1) is 10.1. The first-order valence-corrected chi connectivity index (χ1v) is 7.47. The van der Waals surface area contributed by atoms with Crippen LogP contribution in [0.5, 0.6) is 5.75 Å². The molecular formula is C17H25ClN2O2. The van der Waals surface area contributed by atoms with E-state index in [4.69, 9.17) is 10.5 Å². The van der Waals surface area contributed by atoms with Crippen molar-refractivity contribution in [3.8, 4) is 5.75 Å². The highest BCUT2D eigenvalue weighted by Crippen LogP contribution is 2.19. The molecule has 0 aliphatic carbocycles. The number of benzene rings is 1. The molecule has 4 nitrogen and oxygen atoms in total. The number of carbonyl (C=O) groups excluding carboxylic acids is 1. The van der Waals surface area contributed by atoms with Gasteiger partial charge in [0.2, 0.25) is 5.91 Å². The van der Waals surface area contributed by atoms with Crippen LogP contribution in [0, 0.1) is 5.92 Å². The summed E-state index contributed by atoms with van der Waals surface area (Å²) >= 11 is 0. The SMILES string of the molecule is COc1cccc(/C=C/C(=O)N2CCCC(C(C)N)C2)c1.Cl. The summed E-state index contributed by atoms with van der Waals surface area (Å²) in [4.78, 5) is 14.2. The summed E-state index contributed by atoms with van der Waals surface area (Å²) in [5.74, 6) is 1.26. The van der Waals surface area contributed by atoms with Gasteiger partial charge in [-0.25, -0.2) is 0 Å². The Kier molecular flexibility index (Phi) is 7.42. The van der Waals surface area contributed by atoms with Gasteiger partial charge in [0.1, 0.15) is 5.75 Å². The van der Waals surface area contributed by atoms with Gasteiger partial charge in [-0.3, -0.25) is 4.79 Å². The normalized spacial score (nSPS) is 19.6. The predicted octanol–water partition coefficient (Wildman–Crippen LogP) is 2.72. The van der Waals surface area contributed by atoms with E-state index < -0.39 is 0 Å². The number of nitrogens with two attached hydrogens (primary N) is 1. The number of rotatable bonds is 4. The monoisotopic (exact) mass is 324 g/mol. The van der Waals surface area contributed by atoms with Gasteiger partial charge in [-0.2, -0.15) is 0 Å². The lowest BCUT2D eigenvalue weighted by Crippen LogP contribution is -2.44. The van der Waals surface area contributed by atoms with Crippen LogP contribution in [0.1, 0.15) is 25.3 Å². The van der Waals surface area contributed by atoms with Gasteiger partial charge in [-0.15, -0.1) is 12.4 Å². The van der Waals surface area contributed by atoms with Crippen LogP contribution in [0.3, 0.4) is 0 Å². The Labute approximate surface area is 138 Å². The Balaban J connectivity index is 0.00000242. The van der Waals surface area contributed by atoms with Gasteiger partial charge in [0, 0.05) is 25.2 Å². The van der Waals surface area contributed by atoms with Crippen LogP contribution in [0.2, 0.25) is 0 Å². The fraction of sp³-hybridized carbons (Fsp3) is 0.471. The van der Waals surface area contributed by atoms with Crippen molar-refractivity contribution in [1.82, 2.24) is 4.90 Å². The van der Waals surface area contributed by atoms with Gasteiger partial charge >= 0.3 is 0 Å². The topological polar surface area (TPSA) is 55.6 Å². The first-order valence-electron chi connectivity index (χ1n) is 7.47. The van der Waals surface area contributed by atoms with Crippen molar-refractivity contribution in [3.63, 3.8) is 0 Å². The molecule has 0 aromatic heterocycles. The lowest BCUT2D eigenvalue weighted by molar-refractivity contribution is -0.127. The van der Waals surface area contributed by atoms with Gasteiger partial charge in [0.05, 0.1) is 7.11 Å². The molecule has 1 aliphatic heterocycles. The van der Waals surface area contributed by atoms with Crippen LogP contribution >= 0.6 is 12.4 Å². The summed E-state index contributed by atoms with van der Waals surface area (Å²) in [6, 6.07) is 7.80. The summed E-state index contributed by atoms with van der Waals surface area (Å²) in [6.07, 6.45) is 5.62. The van der Waals surface area contributed by atoms with Crippen molar-refractivity contribution in [2.45, 2.75) is 25.8 Å². The second-order valence-corrected chi connectivity index (χ2v) is 5.66. The quantitative estimate of drug-likeness (QED) is 0.866. The number of halogens is 1. The van der Waals surface area contributed by atoms with E-state index >= 15 is 0 Å². The van der Waals surface area contributed by atoms with E-state index in [0.717, 1.165) is 37.2 Å². The van der Waals surface area contributed by atoms with Crippen molar-refractivity contribution in [2.24, 2.45) is 11.7 Å². The van der Waals surface area contributed by atoms with Gasteiger partial charge < -0.3 is 15.4 Å². The van der Waals surface area contributed by atoms with Crippen LogP contribution < -0.4 is 10.5 Å². The summed E-state index contributed by atoms with van der Waals surface area (Å²) in [7, 11) is 1.63. The molecule has 2 atom stereocenters. The average Bonchev–Trinajstić information content (AvgIpc) is 2.53. The number of hydrogen-bond acceptors (Lipinski definition) is 3. The third-order valence-electron chi connectivity index (χ3n) is 4.03. The molecule has 0 spiro atoms. The van der Waals surface area contributed by atoms with E-state index in [9.17, 15) is 4.79 Å². The molecule has 0 radical (unpaired) electrons. The Morgan fingerprint density at radius 2 is 2.27 bits per heavy atom. The van der Waals surface area contributed by atoms with E-state index in [1.54, 1.807) is 13.2 Å². The van der Waals surface area contributed by atoms with Crippen LogP contribution in [0.25, 0.3) is 6.08 Å². The molecule has 22 heavy (non-hydrogen) atoms. The average molecular weight is 325 g/mol. The van der Waals surface area contributed by atoms with Crippen LogP contribution in [-0.2, 0) is 4.79 Å². The standard InChI is InChI=1S/C17H24N2O2.ClH/c1-13(18)15-6-4-10-19(12-15)17(20)9-8-14-5-3-7-16(11-14)21-2;/h3,5,7-9,11,13,15H,4,6,10,12,18H2,1-2H3;1H/b9-8+;. The Bertz CT molecular complexity index is 517. The minimum absolute atomic E-state index is 0. The molecule has 0 saturated carbocycles. The molecule has 2 unspecified atom stereocenters. The summed E-state index contributed by atoms with van der Waals surface area (Å²) < 4.78 is 5.18. The lowest BCUT2D eigenvalue weighted by atomic mass is 9.92. The molecule has 1 aromatic carbocycles. The maximum absolute atomic E-state index is 12.3. The largest absolute Gasteiger partial charge is 0.497 e. The molecule has 1 aliphatic rings. The molecule has 2 N–H and O–H groups in total. The van der Waals surface area contributed by atoms with E-state index in [1.165, 1.54) is 0 Å². The zero-order chi connectivity index (χ0) is 15.2. The van der Waals surface area contributed by atoms with E-state index in [-0.39, 0.29) is 24.4 Å². The predicted molar refractivity (Wildman–Crippen MR) is 92.2 cm³/mol. The summed E-state index contributed by atoms with van der Waals surface area (Å²) in [6.45, 7) is 3.61. The minimum atomic E-state index is 0. The van der Waals surface area contributed by atoms with Gasteiger partial charge in [0.25, 0.3) is 0 Å². The van der Waals surface area contributed by atoms with Gasteiger partial charge in [-0.05, 0) is 49.5 Å². The number of nitrogens with zero attached hydrogens (tertiary/aromatic N) is 1. The second kappa shape index (κ2) is 8.81. The lowest BCUT2D eigenvalue weighted by Gasteiger charge is -2.34. The van der Waals surface area contributed by atoms with Gasteiger partial charge in [-0.1, -0.05) is 12.1 Å². The van der Waals surface area contributed by atoms with E-state index in [2.05, 4.69) is 0 Å². The number of likely N-dealkylation sites (tertiary alicyclic amines) is 1. The van der Waals surface area contributed by atoms with Crippen molar-refractivity contribution < 1.29 is 9.53 Å². The minimum Gasteiger partial charge on any atom is -0.497 e. The van der Waals surface area contributed by atoms with E-state index in [1.807, 2.05) is 42.2 Å². The Morgan fingerprint density at radius 1 is 1.50 bits per heavy atom. The number of methoxy groups -OCH3 is 1. The molecule has 1 heterocycles. The molecule has 1 amide bonds. The molecule has 1 aromatic rings. The smallest absolute Gasteiger partial charge is 0.246 e. The zero-order valence-corrected chi connectivity index (χ0v) is 14.0. The molecular weight excluding hydrogens is 300 g/mol. The van der Waals surface area contributed by atoms with E-state index in [0.29, 0.717) is 5.92 Å². The Hall–Kier alpha value is -1.52. The third-order valence-corrected chi connectivity index (χ3v) is 4.03. The number of piperidine rings is 1. The third kappa shape index (κ3) is 5.04. The zero-order valence-electron chi connectivity index (χ0n) is 13.2. The number of carbonyl (C=O) groups is 1. The Morgan fingerprint density at radius 3 is 2.95 bits per heavy atom. The number of amides is 1. The molecule has 1 fully saturated rings. The summed E-state index contributed by atoms with van der Waals surface area (Å²) in [5.41, 5.74) is 6.92. The molecule has 5 heteroatoms. The highest BCUT2D eigenvalue weighted by atomic mass is 35.5. The van der Waals surface area contributed by atoms with Gasteiger partial charge in [0.15, 0.2) is 0 Å². The number of ether oxygens (including phenoxy) is 1. The molecule has 122 valence electrons. The van der Waals surface area contributed by atoms with Crippen molar-refractivity contribution in [2.75, 3.05) is 20.2 Å². The number of hydrogen-bond donors (Lipinski definition) is 1. The highest BCUT2D eigenvalue weighted by molar-refractivity contribution is 5.91.